The van der Waals surface area contributed by atoms with Gasteiger partial charge in [-0.05, 0) is 50.8 Å². The summed E-state index contributed by atoms with van der Waals surface area (Å²) in [7, 11) is 1.45. The predicted octanol–water partition coefficient (Wildman–Crippen LogP) is 3.55. The van der Waals surface area contributed by atoms with E-state index in [9.17, 15) is 4.79 Å². The summed E-state index contributed by atoms with van der Waals surface area (Å²) in [5.74, 6) is 0.842. The monoisotopic (exact) mass is 301 g/mol. The number of hydrogen-bond acceptors (Lipinski definition) is 5. The van der Waals surface area contributed by atoms with E-state index >= 15 is 0 Å². The molecule has 108 valence electrons. The van der Waals surface area contributed by atoms with Crippen molar-refractivity contribution in [2.24, 2.45) is 0 Å². The van der Waals surface area contributed by atoms with E-state index in [0.717, 1.165) is 18.6 Å². The first-order valence-corrected chi connectivity index (χ1v) is 8.37. The molecule has 0 aliphatic heterocycles. The minimum atomic E-state index is -0.584. The second kappa shape index (κ2) is 7.92. The Bertz CT molecular complexity index is 379. The van der Waals surface area contributed by atoms with Crippen LogP contribution < -0.4 is 5.32 Å². The summed E-state index contributed by atoms with van der Waals surface area (Å²) in [6.07, 6.45) is 1.77. The molecule has 3 nitrogen and oxygen atoms in total. The van der Waals surface area contributed by atoms with E-state index in [1.807, 2.05) is 32.5 Å². The Morgan fingerprint density at radius 2 is 2.32 bits per heavy atom. The van der Waals surface area contributed by atoms with Crippen LogP contribution in [0.15, 0.2) is 21.7 Å². The minimum Gasteiger partial charge on any atom is -0.468 e. The van der Waals surface area contributed by atoms with Crippen molar-refractivity contribution in [3.63, 3.8) is 0 Å². The molecule has 0 spiro atoms. The highest BCUT2D eigenvalue weighted by Crippen LogP contribution is 2.26. The second-order valence-electron chi connectivity index (χ2n) is 5.01. The van der Waals surface area contributed by atoms with Gasteiger partial charge in [-0.3, -0.25) is 10.1 Å². The molecule has 0 bridgehead atoms. The van der Waals surface area contributed by atoms with Gasteiger partial charge in [-0.25, -0.2) is 0 Å². The molecule has 0 aromatic carbocycles. The van der Waals surface area contributed by atoms with Crippen molar-refractivity contribution < 1.29 is 9.53 Å². The van der Waals surface area contributed by atoms with Gasteiger partial charge in [0, 0.05) is 6.04 Å². The van der Waals surface area contributed by atoms with E-state index in [1.54, 1.807) is 11.3 Å². The second-order valence-corrected chi connectivity index (χ2v) is 7.35. The minimum absolute atomic E-state index is 0.178. The lowest BCUT2D eigenvalue weighted by atomic mass is 9.95. The van der Waals surface area contributed by atoms with Gasteiger partial charge in [0.05, 0.1) is 11.3 Å². The summed E-state index contributed by atoms with van der Waals surface area (Å²) in [6.45, 7) is 6.01. The molecule has 0 saturated carbocycles. The summed E-state index contributed by atoms with van der Waals surface area (Å²) in [5, 5.41) is 5.40. The molecule has 0 aliphatic rings. The number of thiophene rings is 1. The number of carbonyl (C=O) groups is 1. The van der Waals surface area contributed by atoms with E-state index in [-0.39, 0.29) is 12.0 Å². The van der Waals surface area contributed by atoms with Gasteiger partial charge in [0.25, 0.3) is 0 Å². The van der Waals surface area contributed by atoms with Crippen LogP contribution in [0.1, 0.15) is 33.6 Å². The molecule has 5 heteroatoms. The molecular formula is C14H23NO2S2. The Labute approximate surface area is 124 Å². The molecule has 0 aliphatic carbocycles. The average molecular weight is 301 g/mol. The first-order valence-electron chi connectivity index (χ1n) is 6.50. The van der Waals surface area contributed by atoms with Gasteiger partial charge < -0.3 is 4.74 Å². The molecule has 1 unspecified atom stereocenters. The normalized spacial score (nSPS) is 14.4. The zero-order valence-electron chi connectivity index (χ0n) is 12.1. The first-order chi connectivity index (χ1) is 8.98. The molecule has 1 aromatic heterocycles. The van der Waals surface area contributed by atoms with E-state index < -0.39 is 5.54 Å². The molecule has 0 radical (unpaired) electrons. The highest BCUT2D eigenvalue weighted by molar-refractivity contribution is 8.01. The summed E-state index contributed by atoms with van der Waals surface area (Å²) in [4.78, 5) is 11.9. The van der Waals surface area contributed by atoms with E-state index in [0.29, 0.717) is 0 Å². The number of carbonyl (C=O) groups excluding carboxylic acids is 1. The summed E-state index contributed by atoms with van der Waals surface area (Å²) in [6, 6.07) is 4.45. The predicted molar refractivity (Wildman–Crippen MR) is 83.0 cm³/mol. The number of esters is 1. The molecule has 0 saturated heterocycles. The Kier molecular flexibility index (Phi) is 6.89. The fourth-order valence-electron chi connectivity index (χ4n) is 2.04. The first kappa shape index (κ1) is 16.5. The van der Waals surface area contributed by atoms with Crippen molar-refractivity contribution in [1.82, 2.24) is 5.32 Å². The number of rotatable bonds is 8. The third-order valence-electron chi connectivity index (χ3n) is 2.80. The van der Waals surface area contributed by atoms with Crippen molar-refractivity contribution in [3.05, 3.63) is 17.5 Å². The summed E-state index contributed by atoms with van der Waals surface area (Å²) in [5.41, 5.74) is -0.584. The molecule has 1 N–H and O–H groups in total. The molecule has 0 amide bonds. The molecule has 1 heterocycles. The zero-order chi connectivity index (χ0) is 14.3. The Morgan fingerprint density at radius 3 is 2.84 bits per heavy atom. The largest absolute Gasteiger partial charge is 0.468 e. The highest BCUT2D eigenvalue weighted by Gasteiger charge is 2.33. The van der Waals surface area contributed by atoms with Crippen molar-refractivity contribution in [2.75, 3.05) is 12.9 Å². The van der Waals surface area contributed by atoms with Crippen LogP contribution in [0.5, 0.6) is 0 Å². The van der Waals surface area contributed by atoms with E-state index in [4.69, 9.17) is 4.74 Å². The quantitative estimate of drug-likeness (QED) is 0.453. The number of thioether (sulfide) groups is 1. The fourth-order valence-corrected chi connectivity index (χ4v) is 3.84. The molecule has 19 heavy (non-hydrogen) atoms. The molecule has 1 aromatic rings. The molecular weight excluding hydrogens is 278 g/mol. The third-order valence-corrected chi connectivity index (χ3v) is 5.02. The number of ether oxygens (including phenoxy) is 1. The lowest BCUT2D eigenvalue weighted by molar-refractivity contribution is -0.148. The SMILES string of the molecule is COC(=O)C(C)(CCCSc1cccs1)NC(C)C. The lowest BCUT2D eigenvalue weighted by Crippen LogP contribution is -2.53. The van der Waals surface area contributed by atoms with Crippen LogP contribution in [0.4, 0.5) is 0 Å². The van der Waals surface area contributed by atoms with Gasteiger partial charge in [-0.1, -0.05) is 6.07 Å². The van der Waals surface area contributed by atoms with Gasteiger partial charge in [0.2, 0.25) is 0 Å². The van der Waals surface area contributed by atoms with E-state index in [2.05, 4.69) is 22.8 Å². The van der Waals surface area contributed by atoms with Crippen LogP contribution in [0.3, 0.4) is 0 Å². The summed E-state index contributed by atoms with van der Waals surface area (Å²) >= 11 is 3.60. The van der Waals surface area contributed by atoms with Gasteiger partial charge in [0.15, 0.2) is 0 Å². The van der Waals surface area contributed by atoms with Crippen LogP contribution >= 0.6 is 23.1 Å². The molecule has 1 rings (SSSR count). The Balaban J connectivity index is 2.42. The van der Waals surface area contributed by atoms with Crippen LogP contribution in [-0.4, -0.2) is 30.4 Å². The van der Waals surface area contributed by atoms with Gasteiger partial charge in [0.1, 0.15) is 5.54 Å². The Hall–Kier alpha value is -0.520. The number of nitrogens with one attached hydrogen (secondary N) is 1. The third kappa shape index (κ3) is 5.55. The fraction of sp³-hybridized carbons (Fsp3) is 0.643. The molecule has 1 atom stereocenters. The van der Waals surface area contributed by atoms with Crippen molar-refractivity contribution in [3.8, 4) is 0 Å². The summed E-state index contributed by atoms with van der Waals surface area (Å²) < 4.78 is 6.24. The maximum atomic E-state index is 11.9. The van der Waals surface area contributed by atoms with Crippen LogP contribution in [0, 0.1) is 0 Å². The van der Waals surface area contributed by atoms with Crippen molar-refractivity contribution >= 4 is 29.1 Å². The number of methoxy groups -OCH3 is 1. The van der Waals surface area contributed by atoms with Crippen molar-refractivity contribution in [1.29, 1.82) is 0 Å². The van der Waals surface area contributed by atoms with Crippen molar-refractivity contribution in [2.45, 2.75) is 49.4 Å². The topological polar surface area (TPSA) is 38.3 Å². The standard InChI is InChI=1S/C14H23NO2S2/c1-11(2)15-14(3,13(16)17-4)8-6-10-19-12-7-5-9-18-12/h5,7,9,11,15H,6,8,10H2,1-4H3. The zero-order valence-corrected chi connectivity index (χ0v) is 13.7. The smallest absolute Gasteiger partial charge is 0.325 e. The van der Waals surface area contributed by atoms with Gasteiger partial charge in [-0.15, -0.1) is 23.1 Å². The maximum Gasteiger partial charge on any atom is 0.325 e. The molecule has 0 fully saturated rings. The lowest BCUT2D eigenvalue weighted by Gasteiger charge is -2.30. The van der Waals surface area contributed by atoms with Crippen LogP contribution in [0.25, 0.3) is 0 Å². The highest BCUT2D eigenvalue weighted by atomic mass is 32.2. The van der Waals surface area contributed by atoms with Crippen LogP contribution in [-0.2, 0) is 9.53 Å². The van der Waals surface area contributed by atoms with Gasteiger partial charge >= 0.3 is 5.97 Å². The van der Waals surface area contributed by atoms with Crippen LogP contribution in [0.2, 0.25) is 0 Å². The van der Waals surface area contributed by atoms with E-state index in [1.165, 1.54) is 11.3 Å². The maximum absolute atomic E-state index is 11.9. The number of hydrogen-bond donors (Lipinski definition) is 1. The average Bonchev–Trinajstić information content (AvgIpc) is 2.85. The van der Waals surface area contributed by atoms with Gasteiger partial charge in [-0.2, -0.15) is 0 Å². The Morgan fingerprint density at radius 1 is 1.58 bits per heavy atom.